The van der Waals surface area contributed by atoms with E-state index in [0.29, 0.717) is 64.6 Å². The molecule has 308 valence electrons. The second kappa shape index (κ2) is 24.4. The first-order valence-electron chi connectivity index (χ1n) is 20.0. The highest BCUT2D eigenvalue weighted by molar-refractivity contribution is 5.85. The predicted molar refractivity (Wildman–Crippen MR) is 215 cm³/mol. The van der Waals surface area contributed by atoms with Crippen molar-refractivity contribution in [2.75, 3.05) is 45.9 Å². The predicted octanol–water partition coefficient (Wildman–Crippen LogP) is 5.28. The van der Waals surface area contributed by atoms with Gasteiger partial charge in [-0.1, -0.05) is 67.8 Å². The Morgan fingerprint density at radius 2 is 1.14 bits per heavy atom. The minimum atomic E-state index is -0.669. The number of primary amides is 1. The van der Waals surface area contributed by atoms with Gasteiger partial charge in [0.2, 0.25) is 23.6 Å². The Morgan fingerprint density at radius 1 is 0.625 bits per heavy atom. The lowest BCUT2D eigenvalue weighted by Crippen LogP contribution is -2.45. The number of nitrogens with one attached hydrogen (secondary N) is 4. The molecule has 56 heavy (non-hydrogen) atoms. The summed E-state index contributed by atoms with van der Waals surface area (Å²) < 4.78 is 10.9. The number of amides is 6. The van der Waals surface area contributed by atoms with E-state index >= 15 is 0 Å². The van der Waals surface area contributed by atoms with Crippen LogP contribution < -0.4 is 27.0 Å². The first-order valence-corrected chi connectivity index (χ1v) is 20.0. The molecule has 0 heterocycles. The van der Waals surface area contributed by atoms with Gasteiger partial charge >= 0.3 is 12.2 Å². The number of nitrogens with zero attached hydrogens (tertiary/aromatic N) is 1. The number of ether oxygens (including phenoxy) is 2. The topological polar surface area (TPSA) is 198 Å². The molecule has 0 saturated heterocycles. The molecular weight excluding hydrogens is 716 g/mol. The third-order valence-electron chi connectivity index (χ3n) is 9.24. The van der Waals surface area contributed by atoms with Crippen molar-refractivity contribution >= 4 is 35.8 Å². The van der Waals surface area contributed by atoms with Crippen LogP contribution in [-0.4, -0.2) is 92.2 Å². The summed E-state index contributed by atoms with van der Waals surface area (Å²) in [6, 6.07) is 16.3. The number of carbonyl (C=O) groups is 6. The van der Waals surface area contributed by atoms with E-state index in [1.54, 1.807) is 20.8 Å². The second-order valence-electron chi connectivity index (χ2n) is 15.1. The number of fused-ring (bicyclic) bond motifs is 3. The summed E-state index contributed by atoms with van der Waals surface area (Å²) in [4.78, 5) is 74.9. The number of hydrogen-bond donors (Lipinski definition) is 5. The number of nitrogens with two attached hydrogens (primary N) is 1. The van der Waals surface area contributed by atoms with Crippen LogP contribution in [0, 0.1) is 0 Å². The maximum Gasteiger partial charge on any atom is 0.407 e. The highest BCUT2D eigenvalue weighted by Crippen LogP contribution is 2.44. The monoisotopic (exact) mass is 778 g/mol. The second-order valence-corrected chi connectivity index (χ2v) is 15.1. The third kappa shape index (κ3) is 17.5. The number of benzene rings is 2. The van der Waals surface area contributed by atoms with Gasteiger partial charge in [0.25, 0.3) is 0 Å². The molecule has 3 rings (SSSR count). The van der Waals surface area contributed by atoms with Crippen LogP contribution in [0.5, 0.6) is 0 Å². The van der Waals surface area contributed by atoms with Gasteiger partial charge < -0.3 is 41.4 Å². The standard InChI is InChI=1S/C42H62N6O8/c1-42(2,3)56-41(54)47-27-28-48(29-38(51)45-25-15-5-8-22-37(50)44-24-14-4-7-21-36(43)49)39(52)23-9-6-16-26-46-40(53)55-30-35-33-19-12-10-17-31(33)32-18-11-13-20-34(32)35/h10-13,17-20,35H,4-9,14-16,21-30H2,1-3H3,(H2,43,49)(H,44,50)(H,45,51)(H,46,53)(H,47,54). The number of alkyl carbamates (subject to hydrolysis) is 2. The molecule has 0 aliphatic heterocycles. The molecule has 0 fully saturated rings. The maximum absolute atomic E-state index is 13.2. The molecule has 2 aromatic rings. The summed E-state index contributed by atoms with van der Waals surface area (Å²) in [5.41, 5.74) is 9.09. The van der Waals surface area contributed by atoms with Crippen LogP contribution in [0.4, 0.5) is 9.59 Å². The SMILES string of the molecule is CC(C)(C)OC(=O)NCCN(CC(=O)NCCCCCC(=O)NCCCCCC(N)=O)C(=O)CCCCCNC(=O)OCC1c2ccccc2-c2ccccc21. The van der Waals surface area contributed by atoms with Crippen LogP contribution >= 0.6 is 0 Å². The van der Waals surface area contributed by atoms with Crippen LogP contribution in [0.15, 0.2) is 48.5 Å². The van der Waals surface area contributed by atoms with Crippen molar-refractivity contribution in [2.45, 2.75) is 109 Å². The molecule has 0 aromatic heterocycles. The van der Waals surface area contributed by atoms with Crippen LogP contribution in [0.25, 0.3) is 11.1 Å². The van der Waals surface area contributed by atoms with Gasteiger partial charge in [-0.3, -0.25) is 19.2 Å². The number of rotatable bonds is 25. The molecule has 1 aliphatic carbocycles. The molecule has 0 saturated carbocycles. The lowest BCUT2D eigenvalue weighted by atomic mass is 9.98. The molecule has 0 bridgehead atoms. The largest absolute Gasteiger partial charge is 0.449 e. The highest BCUT2D eigenvalue weighted by Gasteiger charge is 2.29. The van der Waals surface area contributed by atoms with Gasteiger partial charge in [0.15, 0.2) is 0 Å². The average Bonchev–Trinajstić information content (AvgIpc) is 3.47. The maximum atomic E-state index is 13.2. The number of carbonyl (C=O) groups excluding carboxylic acids is 6. The zero-order chi connectivity index (χ0) is 40.8. The lowest BCUT2D eigenvalue weighted by molar-refractivity contribution is -0.136. The first kappa shape index (κ1) is 45.3. The summed E-state index contributed by atoms with van der Waals surface area (Å²) >= 11 is 0. The minimum Gasteiger partial charge on any atom is -0.449 e. The van der Waals surface area contributed by atoms with Crippen LogP contribution in [0.3, 0.4) is 0 Å². The van der Waals surface area contributed by atoms with E-state index in [4.69, 9.17) is 15.2 Å². The van der Waals surface area contributed by atoms with Crippen molar-refractivity contribution in [2.24, 2.45) is 5.73 Å². The molecule has 14 nitrogen and oxygen atoms in total. The van der Waals surface area contributed by atoms with Crippen LogP contribution in [-0.2, 0) is 28.7 Å². The third-order valence-corrected chi connectivity index (χ3v) is 9.24. The molecule has 0 unspecified atom stereocenters. The summed E-state index contributed by atoms with van der Waals surface area (Å²) in [7, 11) is 0. The van der Waals surface area contributed by atoms with Gasteiger partial charge in [-0.2, -0.15) is 0 Å². The van der Waals surface area contributed by atoms with Gasteiger partial charge in [-0.15, -0.1) is 0 Å². The van der Waals surface area contributed by atoms with Crippen molar-refractivity contribution in [1.29, 1.82) is 0 Å². The zero-order valence-corrected chi connectivity index (χ0v) is 33.4. The number of hydrogen-bond acceptors (Lipinski definition) is 8. The van der Waals surface area contributed by atoms with Crippen molar-refractivity contribution < 1.29 is 38.2 Å². The minimum absolute atomic E-state index is 0.0162. The van der Waals surface area contributed by atoms with Gasteiger partial charge in [0.05, 0.1) is 6.54 Å². The summed E-state index contributed by atoms with van der Waals surface area (Å²) in [5.74, 6) is -0.874. The first-order chi connectivity index (χ1) is 26.8. The Hall–Kier alpha value is -5.14. The van der Waals surface area contributed by atoms with Crippen molar-refractivity contribution in [3.05, 3.63) is 59.7 Å². The van der Waals surface area contributed by atoms with E-state index in [2.05, 4.69) is 45.5 Å². The van der Waals surface area contributed by atoms with Gasteiger partial charge in [0.1, 0.15) is 12.2 Å². The molecule has 0 radical (unpaired) electrons. The van der Waals surface area contributed by atoms with E-state index in [1.807, 2.05) is 24.3 Å². The van der Waals surface area contributed by atoms with E-state index in [9.17, 15) is 28.8 Å². The molecule has 2 aromatic carbocycles. The van der Waals surface area contributed by atoms with Gasteiger partial charge in [-0.25, -0.2) is 9.59 Å². The molecule has 6 amide bonds. The Morgan fingerprint density at radius 3 is 1.73 bits per heavy atom. The van der Waals surface area contributed by atoms with Crippen LogP contribution in [0.2, 0.25) is 0 Å². The Kier molecular flexibility index (Phi) is 19.7. The quantitative estimate of drug-likeness (QED) is 0.0840. The normalized spacial score (nSPS) is 11.8. The Bertz CT molecular complexity index is 1550. The fraction of sp³-hybridized carbons (Fsp3) is 0.571. The van der Waals surface area contributed by atoms with Gasteiger partial charge in [0, 0.05) is 57.9 Å². The molecule has 0 atom stereocenters. The smallest absolute Gasteiger partial charge is 0.407 e. The Labute approximate surface area is 331 Å². The average molecular weight is 779 g/mol. The summed E-state index contributed by atoms with van der Waals surface area (Å²) in [6.45, 7) is 6.99. The molecule has 1 aliphatic rings. The Balaban J connectivity index is 1.32. The van der Waals surface area contributed by atoms with Crippen molar-refractivity contribution in [3.8, 4) is 11.1 Å². The lowest BCUT2D eigenvalue weighted by Gasteiger charge is -2.24. The number of unbranched alkanes of at least 4 members (excludes halogenated alkanes) is 6. The van der Waals surface area contributed by atoms with Crippen molar-refractivity contribution in [1.82, 2.24) is 26.2 Å². The van der Waals surface area contributed by atoms with Gasteiger partial charge in [-0.05, 0) is 81.5 Å². The molecule has 14 heteroatoms. The van der Waals surface area contributed by atoms with E-state index in [-0.39, 0.29) is 62.2 Å². The summed E-state index contributed by atoms with van der Waals surface area (Å²) in [6.07, 6.45) is 6.25. The molecule has 0 spiro atoms. The molecule has 6 N–H and O–H groups in total. The van der Waals surface area contributed by atoms with Crippen LogP contribution in [0.1, 0.15) is 115 Å². The van der Waals surface area contributed by atoms with E-state index in [0.717, 1.165) is 36.8 Å². The zero-order valence-electron chi connectivity index (χ0n) is 33.4. The highest BCUT2D eigenvalue weighted by atomic mass is 16.6. The van der Waals surface area contributed by atoms with E-state index in [1.165, 1.54) is 16.0 Å². The fourth-order valence-corrected chi connectivity index (χ4v) is 6.44. The fourth-order valence-electron chi connectivity index (χ4n) is 6.44. The van der Waals surface area contributed by atoms with E-state index < -0.39 is 17.8 Å². The van der Waals surface area contributed by atoms with Crippen molar-refractivity contribution in [3.63, 3.8) is 0 Å². The molecular formula is C42H62N6O8. The summed E-state index contributed by atoms with van der Waals surface area (Å²) in [5, 5.41) is 11.2.